The van der Waals surface area contributed by atoms with Crippen LogP contribution in [0.15, 0.2) is 60.0 Å². The molecule has 3 heterocycles. The first-order valence-corrected chi connectivity index (χ1v) is 14.4. The Kier molecular flexibility index (Phi) is 9.04. The summed E-state index contributed by atoms with van der Waals surface area (Å²) in [4.78, 5) is 44.9. The first kappa shape index (κ1) is 27.8. The van der Waals surface area contributed by atoms with Crippen LogP contribution in [-0.2, 0) is 20.9 Å². The van der Waals surface area contributed by atoms with Crippen molar-refractivity contribution in [3.05, 3.63) is 71.1 Å². The summed E-state index contributed by atoms with van der Waals surface area (Å²) >= 11 is 1.32. The largest absolute Gasteiger partial charge is 0.445 e. The number of morpholine rings is 1. The molecule has 11 heteroatoms. The van der Waals surface area contributed by atoms with E-state index in [0.717, 1.165) is 17.5 Å². The number of aromatic nitrogens is 1. The quantitative estimate of drug-likeness (QED) is 0.437. The van der Waals surface area contributed by atoms with Gasteiger partial charge < -0.3 is 14.8 Å². The van der Waals surface area contributed by atoms with Gasteiger partial charge in [0.1, 0.15) is 12.6 Å². The Balaban J connectivity index is 1.18. The van der Waals surface area contributed by atoms with Gasteiger partial charge in [-0.05, 0) is 37.5 Å². The molecule has 0 aliphatic carbocycles. The van der Waals surface area contributed by atoms with Gasteiger partial charge in [-0.3, -0.25) is 19.5 Å². The van der Waals surface area contributed by atoms with E-state index in [-0.39, 0.29) is 18.4 Å². The fourth-order valence-corrected chi connectivity index (χ4v) is 5.63. The third kappa shape index (κ3) is 6.49. The van der Waals surface area contributed by atoms with Crippen LogP contribution < -0.4 is 5.32 Å². The molecule has 2 fully saturated rings. The third-order valence-electron chi connectivity index (χ3n) is 7.02. The molecule has 2 aliphatic rings. The third-order valence-corrected chi connectivity index (χ3v) is 7.78. The summed E-state index contributed by atoms with van der Waals surface area (Å²) < 4.78 is 10.9. The lowest BCUT2D eigenvalue weighted by atomic mass is 10.1. The molecule has 10 nitrogen and oxygen atoms in total. The molecule has 2 saturated heterocycles. The van der Waals surface area contributed by atoms with Gasteiger partial charge in [0.2, 0.25) is 5.91 Å². The average Bonchev–Trinajstić information content (AvgIpc) is 3.68. The van der Waals surface area contributed by atoms with Crippen LogP contribution in [0, 0.1) is 0 Å². The molecule has 1 atom stereocenters. The molecule has 1 N–H and O–H groups in total. The molecule has 2 aliphatic heterocycles. The normalized spacial score (nSPS) is 17.4. The van der Waals surface area contributed by atoms with Crippen LogP contribution in [0.25, 0.3) is 11.3 Å². The smallest absolute Gasteiger partial charge is 0.410 e. The molecular weight excluding hydrogens is 530 g/mol. The topological polar surface area (TPSA) is 104 Å². The number of amides is 3. The number of hydrogen-bond acceptors (Lipinski definition) is 8. The van der Waals surface area contributed by atoms with Crippen molar-refractivity contribution in [1.29, 1.82) is 0 Å². The summed E-state index contributed by atoms with van der Waals surface area (Å²) in [6.45, 7) is 5.79. The van der Waals surface area contributed by atoms with E-state index in [1.807, 2.05) is 59.8 Å². The van der Waals surface area contributed by atoms with Crippen LogP contribution in [-0.4, -0.2) is 83.2 Å². The molecule has 0 bridgehead atoms. The van der Waals surface area contributed by atoms with Gasteiger partial charge in [0.05, 0.1) is 18.9 Å². The van der Waals surface area contributed by atoms with E-state index < -0.39 is 12.1 Å². The highest BCUT2D eigenvalue weighted by atomic mass is 32.1. The molecule has 5 rings (SSSR count). The maximum atomic E-state index is 13.1. The van der Waals surface area contributed by atoms with Crippen LogP contribution in [0.4, 0.5) is 9.93 Å². The van der Waals surface area contributed by atoms with Crippen LogP contribution in [0.1, 0.15) is 35.7 Å². The van der Waals surface area contributed by atoms with E-state index in [9.17, 15) is 14.4 Å². The van der Waals surface area contributed by atoms with Crippen molar-refractivity contribution in [3.63, 3.8) is 0 Å². The lowest BCUT2D eigenvalue weighted by Gasteiger charge is -2.36. The van der Waals surface area contributed by atoms with Crippen molar-refractivity contribution in [2.24, 2.45) is 0 Å². The fourth-order valence-electron chi connectivity index (χ4n) is 4.91. The van der Waals surface area contributed by atoms with E-state index in [2.05, 4.69) is 10.3 Å². The molecule has 0 radical (unpaired) electrons. The lowest BCUT2D eigenvalue weighted by molar-refractivity contribution is -0.120. The van der Waals surface area contributed by atoms with Crippen LogP contribution in [0.5, 0.6) is 0 Å². The summed E-state index contributed by atoms with van der Waals surface area (Å²) in [7, 11) is 0. The number of hydrazine groups is 1. The van der Waals surface area contributed by atoms with Gasteiger partial charge in [-0.25, -0.2) is 14.8 Å². The van der Waals surface area contributed by atoms with Crippen molar-refractivity contribution >= 4 is 34.4 Å². The monoisotopic (exact) mass is 563 g/mol. The molecule has 1 aromatic heterocycles. The predicted octanol–water partition coefficient (Wildman–Crippen LogP) is 4.26. The standard InChI is InChI=1S/C29H33N5O5S/c1-2-34(32-15-17-38-18-16-32)27(36)23-12-10-22(11-13-23)24-20-40-28(30-24)31-26(35)25-9-6-14-33(25)29(37)39-19-21-7-4-3-5-8-21/h3-5,7-8,10-13,20,25H,2,6,9,14-19H2,1H3,(H,30,31,35). The van der Waals surface area contributed by atoms with E-state index in [4.69, 9.17) is 9.47 Å². The molecule has 0 saturated carbocycles. The zero-order valence-electron chi connectivity index (χ0n) is 22.5. The molecule has 3 amide bonds. The minimum Gasteiger partial charge on any atom is -0.445 e. The second-order valence-electron chi connectivity index (χ2n) is 9.58. The Hall–Kier alpha value is -3.80. The zero-order chi connectivity index (χ0) is 27.9. The van der Waals surface area contributed by atoms with Crippen molar-refractivity contribution in [1.82, 2.24) is 19.9 Å². The first-order chi connectivity index (χ1) is 19.5. The number of anilines is 1. The van der Waals surface area contributed by atoms with Crippen molar-refractivity contribution in [3.8, 4) is 11.3 Å². The number of nitrogens with zero attached hydrogens (tertiary/aromatic N) is 4. The number of nitrogens with one attached hydrogen (secondary N) is 1. The number of thiazole rings is 1. The minimum absolute atomic E-state index is 0.0504. The average molecular weight is 564 g/mol. The van der Waals surface area contributed by atoms with E-state index in [1.54, 1.807) is 17.1 Å². The van der Waals surface area contributed by atoms with E-state index in [1.165, 1.54) is 16.2 Å². The summed E-state index contributed by atoms with van der Waals surface area (Å²) in [5.74, 6) is -0.329. The van der Waals surface area contributed by atoms with Gasteiger partial charge in [-0.15, -0.1) is 11.3 Å². The van der Waals surface area contributed by atoms with Gasteiger partial charge in [0, 0.05) is 42.7 Å². The highest BCUT2D eigenvalue weighted by molar-refractivity contribution is 7.14. The summed E-state index contributed by atoms with van der Waals surface area (Å²) in [6.07, 6.45) is 0.804. The second kappa shape index (κ2) is 13.0. The molecule has 40 heavy (non-hydrogen) atoms. The highest BCUT2D eigenvalue weighted by Crippen LogP contribution is 2.27. The molecule has 3 aromatic rings. The van der Waals surface area contributed by atoms with Crippen molar-refractivity contribution in [2.75, 3.05) is 44.7 Å². The number of hydrogen-bond donors (Lipinski definition) is 1. The molecule has 2 aromatic carbocycles. The van der Waals surface area contributed by atoms with Crippen LogP contribution in [0.2, 0.25) is 0 Å². The molecule has 0 spiro atoms. The predicted molar refractivity (Wildman–Crippen MR) is 152 cm³/mol. The fraction of sp³-hybridized carbons (Fsp3) is 0.379. The maximum absolute atomic E-state index is 13.1. The Morgan fingerprint density at radius 2 is 1.82 bits per heavy atom. The minimum atomic E-state index is -0.603. The Morgan fingerprint density at radius 3 is 2.55 bits per heavy atom. The number of rotatable bonds is 8. The van der Waals surface area contributed by atoms with E-state index in [0.29, 0.717) is 62.2 Å². The maximum Gasteiger partial charge on any atom is 0.410 e. The molecular formula is C29H33N5O5S. The number of benzene rings is 2. The van der Waals surface area contributed by atoms with Gasteiger partial charge >= 0.3 is 6.09 Å². The molecule has 210 valence electrons. The van der Waals surface area contributed by atoms with Gasteiger partial charge in [-0.1, -0.05) is 42.5 Å². The van der Waals surface area contributed by atoms with Gasteiger partial charge in [-0.2, -0.15) is 0 Å². The summed E-state index contributed by atoms with van der Waals surface area (Å²) in [5.41, 5.74) is 3.03. The zero-order valence-corrected chi connectivity index (χ0v) is 23.3. The first-order valence-electron chi connectivity index (χ1n) is 13.5. The number of likely N-dealkylation sites (tertiary alicyclic amines) is 1. The summed E-state index contributed by atoms with van der Waals surface area (Å²) in [5, 5.41) is 8.97. The summed E-state index contributed by atoms with van der Waals surface area (Å²) in [6, 6.07) is 16.2. The Bertz CT molecular complexity index is 1310. The Morgan fingerprint density at radius 1 is 1.07 bits per heavy atom. The lowest BCUT2D eigenvalue weighted by Crippen LogP contribution is -2.51. The second-order valence-corrected chi connectivity index (χ2v) is 10.4. The van der Waals surface area contributed by atoms with Crippen LogP contribution >= 0.6 is 11.3 Å². The van der Waals surface area contributed by atoms with E-state index >= 15 is 0 Å². The number of ether oxygens (including phenoxy) is 2. The van der Waals surface area contributed by atoms with Crippen LogP contribution in [0.3, 0.4) is 0 Å². The molecule has 1 unspecified atom stereocenters. The van der Waals surface area contributed by atoms with Gasteiger partial charge in [0.15, 0.2) is 5.13 Å². The van der Waals surface area contributed by atoms with Crippen molar-refractivity contribution < 1.29 is 23.9 Å². The highest BCUT2D eigenvalue weighted by Gasteiger charge is 2.35. The van der Waals surface area contributed by atoms with Gasteiger partial charge in [0.25, 0.3) is 5.91 Å². The van der Waals surface area contributed by atoms with Crippen molar-refractivity contribution in [2.45, 2.75) is 32.4 Å². The number of carbonyl (C=O) groups excluding carboxylic acids is 3. The Labute approximate surface area is 237 Å². The number of carbonyl (C=O) groups is 3. The SMILES string of the molecule is CCN(C(=O)c1ccc(-c2csc(NC(=O)C3CCCN3C(=O)OCc3ccccc3)n2)cc1)N1CCOCC1.